The van der Waals surface area contributed by atoms with Crippen molar-refractivity contribution in [3.63, 3.8) is 0 Å². The average Bonchev–Trinajstić information content (AvgIpc) is 0.852. The molecule has 0 radical (unpaired) electrons. The van der Waals surface area contributed by atoms with Crippen molar-refractivity contribution < 1.29 is 14.5 Å². The first-order chi connectivity index (χ1) is 40.7. The molecule has 86 heavy (non-hydrogen) atoms. The third-order valence-electron chi connectivity index (χ3n) is 17.4. The number of aryl methyl sites for hydroxylation is 1. The fourth-order valence-electron chi connectivity index (χ4n) is 14.3. The highest BCUT2D eigenvalue weighted by molar-refractivity contribution is 5.51. The van der Waals surface area contributed by atoms with E-state index in [0.717, 1.165) is 172 Å². The van der Waals surface area contributed by atoms with Crippen LogP contribution in [0.15, 0.2) is 48.5 Å². The monoisotopic (exact) mass is 1190 g/mol. The summed E-state index contributed by atoms with van der Waals surface area (Å²) in [5.74, 6) is 4.13. The third-order valence-corrected chi connectivity index (χ3v) is 17.4. The summed E-state index contributed by atoms with van der Waals surface area (Å²) in [6.45, 7) is 57.2. The van der Waals surface area contributed by atoms with E-state index >= 15 is 0 Å². The number of unbranched alkanes of at least 4 members (excludes halogenated alkanes) is 6. The van der Waals surface area contributed by atoms with Gasteiger partial charge in [0.15, 0.2) is 0 Å². The molecule has 3 aliphatic heterocycles. The second-order valence-corrected chi connectivity index (χ2v) is 28.5. The number of hydroxylamine groups is 6. The maximum atomic E-state index is 6.60. The number of rotatable bonds is 35. The van der Waals surface area contributed by atoms with Gasteiger partial charge in [0.2, 0.25) is 29.7 Å². The van der Waals surface area contributed by atoms with Crippen LogP contribution in [0.5, 0.6) is 0 Å². The van der Waals surface area contributed by atoms with Gasteiger partial charge in [-0.3, -0.25) is 19.4 Å². The Morgan fingerprint density at radius 1 is 0.407 bits per heavy atom. The molecule has 17 heteroatoms. The lowest BCUT2D eigenvalue weighted by atomic mass is 9.78. The Balaban J connectivity index is 1.55. The van der Waals surface area contributed by atoms with Crippen molar-refractivity contribution in [2.24, 2.45) is 0 Å². The van der Waals surface area contributed by atoms with Crippen LogP contribution >= 0.6 is 0 Å². The van der Waals surface area contributed by atoms with Gasteiger partial charge in [-0.2, -0.15) is 45.1 Å². The highest BCUT2D eigenvalue weighted by atomic mass is 16.7. The van der Waals surface area contributed by atoms with Gasteiger partial charge < -0.3 is 19.6 Å². The summed E-state index contributed by atoms with van der Waals surface area (Å²) in [7, 11) is 0. The van der Waals surface area contributed by atoms with Gasteiger partial charge in [-0.05, 0) is 193 Å². The lowest BCUT2D eigenvalue weighted by molar-refractivity contribution is -0.282. The smallest absolute Gasteiger partial charge is 0.241 e. The maximum absolute atomic E-state index is 6.60. The van der Waals surface area contributed by atoms with Gasteiger partial charge in [-0.25, -0.2) is 0 Å². The summed E-state index contributed by atoms with van der Waals surface area (Å²) in [6, 6.07) is 0.498. The number of hydrogen-bond acceptors (Lipinski definition) is 17. The molecule has 0 spiro atoms. The van der Waals surface area contributed by atoms with E-state index in [4.69, 9.17) is 44.4 Å². The number of hydrogen-bond donors (Lipinski definition) is 0. The molecule has 2 aromatic rings. The van der Waals surface area contributed by atoms with E-state index in [1.54, 1.807) is 17.3 Å². The Morgan fingerprint density at radius 2 is 0.698 bits per heavy atom. The van der Waals surface area contributed by atoms with Crippen LogP contribution < -0.4 is 24.5 Å². The minimum atomic E-state index is -0.271. The molecule has 0 aliphatic carbocycles. The summed E-state index contributed by atoms with van der Waals surface area (Å²) in [6.07, 6.45) is 22.1. The summed E-state index contributed by atoms with van der Waals surface area (Å²) in [5, 5.41) is 6.84. The highest BCUT2D eigenvalue weighted by Crippen LogP contribution is 2.45. The molecule has 0 unspecified atom stereocenters. The molecule has 5 heterocycles. The molecule has 484 valence electrons. The predicted octanol–water partition coefficient (Wildman–Crippen LogP) is 15.1. The van der Waals surface area contributed by atoms with Crippen LogP contribution in [0.3, 0.4) is 0 Å². The van der Waals surface area contributed by atoms with Gasteiger partial charge in [0.25, 0.3) is 0 Å². The zero-order chi connectivity index (χ0) is 63.5. The molecular formula is C69H120N14O3. The van der Waals surface area contributed by atoms with Crippen LogP contribution in [0, 0.1) is 6.92 Å². The first-order valence-corrected chi connectivity index (χ1v) is 33.5. The molecule has 0 amide bonds. The van der Waals surface area contributed by atoms with Gasteiger partial charge in [-0.1, -0.05) is 96.6 Å². The van der Waals surface area contributed by atoms with Gasteiger partial charge in [0.1, 0.15) is 5.82 Å². The van der Waals surface area contributed by atoms with Gasteiger partial charge in [-0.15, -0.1) is 0 Å². The standard InChI is InChI=1S/C69H120N14O3/c1-22-30-39-76(40-31-23-2)59-72-60(77(41-32-24-3)42-33-25-4)74-63(73-59)80(58-53-68(18,19)83(86-48-29-8)69(20,21)54-58)45-38-36-35-37-44-79(57-51-66(14,15)82(85-47-28-7)67(16,17)52-57)62-71-55(9)70-61(75-62)78(43-34-26-5)56-49-64(10,11)81(84-46-27-6)65(12,13)50-56/h39-40,56-58H,1-2,24-29,32-38,41-54H2,3-21H3. The number of nitrogens with zero attached hydrogens (tertiary/aromatic N) is 14. The van der Waals surface area contributed by atoms with Crippen LogP contribution in [0.25, 0.3) is 0 Å². The van der Waals surface area contributed by atoms with E-state index in [-0.39, 0.29) is 51.4 Å². The maximum Gasteiger partial charge on any atom is 0.241 e. The third kappa shape index (κ3) is 19.4. The molecule has 0 bridgehead atoms. The van der Waals surface area contributed by atoms with Gasteiger partial charge >= 0.3 is 0 Å². The second-order valence-electron chi connectivity index (χ2n) is 28.5. The van der Waals surface area contributed by atoms with E-state index < -0.39 is 0 Å². The topological polar surface area (TPSA) is 131 Å². The van der Waals surface area contributed by atoms with Crippen molar-refractivity contribution in [3.05, 3.63) is 54.3 Å². The van der Waals surface area contributed by atoms with E-state index in [2.05, 4.69) is 202 Å². The SMILES string of the molecule is C=C=C=CN(C=C=C=C)c1nc(N(CCCC)CCCC)nc(N(CCCCCCN(c2nc(C)nc(N(CCCC)C3CC(C)(C)N(OCCC)C(C)(C)C3)n2)C2CC(C)(C)N(OCCC)C(C)(C)C2)C2CC(C)(C)N(OCCC)C(C)(C)C2)n1. The van der Waals surface area contributed by atoms with E-state index in [0.29, 0.717) is 37.7 Å². The summed E-state index contributed by atoms with van der Waals surface area (Å²) < 4.78 is 0. The van der Waals surface area contributed by atoms with Gasteiger partial charge in [0.05, 0.1) is 32.2 Å². The molecule has 3 aliphatic rings. The van der Waals surface area contributed by atoms with Crippen molar-refractivity contribution in [2.45, 2.75) is 305 Å². The van der Waals surface area contributed by atoms with E-state index in [1.807, 2.05) is 0 Å². The van der Waals surface area contributed by atoms with Crippen molar-refractivity contribution in [3.8, 4) is 0 Å². The predicted molar refractivity (Wildman–Crippen MR) is 357 cm³/mol. The van der Waals surface area contributed by atoms with Crippen LogP contribution in [0.1, 0.15) is 252 Å². The largest absolute Gasteiger partial charge is 0.341 e. The summed E-state index contributed by atoms with van der Waals surface area (Å²) >= 11 is 0. The fraction of sp³-hybridized carbons (Fsp3) is 0.797. The Kier molecular flexibility index (Phi) is 27.5. The van der Waals surface area contributed by atoms with Gasteiger partial charge in [0, 0.05) is 84.1 Å². The molecule has 3 saturated heterocycles. The molecule has 0 saturated carbocycles. The summed E-state index contributed by atoms with van der Waals surface area (Å²) in [4.78, 5) is 63.6. The molecule has 0 N–H and O–H groups in total. The minimum Gasteiger partial charge on any atom is -0.341 e. The lowest BCUT2D eigenvalue weighted by Crippen LogP contribution is -2.64. The Labute approximate surface area is 523 Å². The van der Waals surface area contributed by atoms with E-state index in [1.165, 1.54) is 0 Å². The average molecular weight is 1190 g/mol. The zero-order valence-electron chi connectivity index (χ0n) is 57.9. The lowest BCUT2D eigenvalue weighted by Gasteiger charge is -2.56. The second kappa shape index (κ2) is 32.7. The normalized spacial score (nSPS) is 19.4. The van der Waals surface area contributed by atoms with Crippen LogP contribution in [-0.4, -0.2) is 149 Å². The zero-order valence-corrected chi connectivity index (χ0v) is 57.9. The highest BCUT2D eigenvalue weighted by Gasteiger charge is 2.51. The molecule has 17 nitrogen and oxygen atoms in total. The van der Waals surface area contributed by atoms with Crippen LogP contribution in [0.4, 0.5) is 29.7 Å². The summed E-state index contributed by atoms with van der Waals surface area (Å²) in [5.41, 5.74) is 10.2. The molecule has 0 atom stereocenters. The van der Waals surface area contributed by atoms with Crippen LogP contribution in [-0.2, 0) is 14.5 Å². The molecular weight excluding hydrogens is 1070 g/mol. The van der Waals surface area contributed by atoms with Crippen molar-refractivity contribution >= 4 is 29.7 Å². The quantitative estimate of drug-likeness (QED) is 0.0479. The Bertz CT molecular complexity index is 2490. The molecule has 3 fully saturated rings. The first-order valence-electron chi connectivity index (χ1n) is 33.5. The Morgan fingerprint density at radius 3 is 1.02 bits per heavy atom. The van der Waals surface area contributed by atoms with E-state index in [9.17, 15) is 0 Å². The Hall–Kier alpha value is -4.62. The molecule has 2 aromatic heterocycles. The van der Waals surface area contributed by atoms with Crippen molar-refractivity contribution in [1.29, 1.82) is 0 Å². The minimum absolute atomic E-state index is 0.108. The van der Waals surface area contributed by atoms with Crippen molar-refractivity contribution in [1.82, 2.24) is 45.1 Å². The van der Waals surface area contributed by atoms with Crippen LogP contribution in [0.2, 0.25) is 0 Å². The molecule has 5 rings (SSSR count). The first kappa shape index (κ1) is 72.1. The fourth-order valence-corrected chi connectivity index (χ4v) is 14.3. The number of piperidine rings is 3. The number of anilines is 5. The number of aromatic nitrogens is 6. The molecule has 0 aromatic carbocycles. The van der Waals surface area contributed by atoms with Crippen molar-refractivity contribution in [2.75, 3.05) is 77.0 Å².